The second-order valence-corrected chi connectivity index (χ2v) is 7.52. The number of hydrogen-bond acceptors (Lipinski definition) is 4. The SMILES string of the molecule is Nc1nccn2c(C3CCC(C(=O)O)CC3)nc(-c3ccc4cc[nH]c4c3)c12. The van der Waals surface area contributed by atoms with Crippen molar-refractivity contribution in [1.82, 2.24) is 19.4 Å². The predicted molar refractivity (Wildman–Crippen MR) is 107 cm³/mol. The van der Waals surface area contributed by atoms with Gasteiger partial charge in [-0.3, -0.25) is 9.20 Å². The highest BCUT2D eigenvalue weighted by molar-refractivity contribution is 5.90. The van der Waals surface area contributed by atoms with E-state index in [2.05, 4.69) is 28.2 Å². The Kier molecular flexibility index (Phi) is 3.82. The number of aromatic nitrogens is 4. The first-order valence-corrected chi connectivity index (χ1v) is 9.54. The maximum atomic E-state index is 11.3. The average Bonchev–Trinajstić information content (AvgIpc) is 3.33. The molecule has 0 spiro atoms. The highest BCUT2D eigenvalue weighted by atomic mass is 16.4. The molecule has 7 nitrogen and oxygen atoms in total. The fourth-order valence-corrected chi connectivity index (χ4v) is 4.37. The van der Waals surface area contributed by atoms with Crippen LogP contribution in [0, 0.1) is 5.92 Å². The molecular weight excluding hydrogens is 354 g/mol. The Morgan fingerprint density at radius 3 is 2.82 bits per heavy atom. The molecule has 0 atom stereocenters. The first-order chi connectivity index (χ1) is 13.6. The van der Waals surface area contributed by atoms with E-state index in [-0.39, 0.29) is 11.8 Å². The molecule has 7 heteroatoms. The molecule has 0 unspecified atom stereocenters. The molecule has 1 aliphatic rings. The lowest BCUT2D eigenvalue weighted by Crippen LogP contribution is -2.21. The third-order valence-corrected chi connectivity index (χ3v) is 5.88. The Balaban J connectivity index is 1.62. The molecule has 0 saturated heterocycles. The number of imidazole rings is 1. The Labute approximate surface area is 161 Å². The average molecular weight is 375 g/mol. The molecule has 5 rings (SSSR count). The minimum absolute atomic E-state index is 0.216. The number of fused-ring (bicyclic) bond motifs is 2. The van der Waals surface area contributed by atoms with Crippen molar-refractivity contribution in [3.05, 3.63) is 48.7 Å². The summed E-state index contributed by atoms with van der Waals surface area (Å²) in [6, 6.07) is 8.23. The van der Waals surface area contributed by atoms with Crippen LogP contribution in [0.25, 0.3) is 27.7 Å². The van der Waals surface area contributed by atoms with Crippen molar-refractivity contribution in [2.45, 2.75) is 31.6 Å². The van der Waals surface area contributed by atoms with Crippen LogP contribution in [0.15, 0.2) is 42.9 Å². The van der Waals surface area contributed by atoms with Crippen molar-refractivity contribution in [2.24, 2.45) is 5.92 Å². The molecule has 0 bridgehead atoms. The van der Waals surface area contributed by atoms with Crippen LogP contribution in [-0.2, 0) is 4.79 Å². The third-order valence-electron chi connectivity index (χ3n) is 5.88. The number of carboxylic acid groups (broad SMARTS) is 1. The van der Waals surface area contributed by atoms with Crippen molar-refractivity contribution >= 4 is 28.2 Å². The van der Waals surface area contributed by atoms with Crippen LogP contribution < -0.4 is 5.73 Å². The quantitative estimate of drug-likeness (QED) is 0.504. The molecule has 142 valence electrons. The van der Waals surface area contributed by atoms with Gasteiger partial charge in [-0.1, -0.05) is 12.1 Å². The van der Waals surface area contributed by atoms with Gasteiger partial charge in [-0.05, 0) is 43.2 Å². The summed E-state index contributed by atoms with van der Waals surface area (Å²) in [5, 5.41) is 10.4. The number of H-pyrrole nitrogens is 1. The molecule has 1 aliphatic carbocycles. The predicted octanol–water partition coefficient (Wildman–Crippen LogP) is 3.82. The Bertz CT molecular complexity index is 1180. The number of benzene rings is 1. The zero-order valence-electron chi connectivity index (χ0n) is 15.3. The topological polar surface area (TPSA) is 109 Å². The fourth-order valence-electron chi connectivity index (χ4n) is 4.37. The van der Waals surface area contributed by atoms with Gasteiger partial charge < -0.3 is 15.8 Å². The van der Waals surface area contributed by atoms with Crippen LogP contribution in [0.3, 0.4) is 0 Å². The van der Waals surface area contributed by atoms with Crippen molar-refractivity contribution in [3.63, 3.8) is 0 Å². The van der Waals surface area contributed by atoms with Crippen LogP contribution >= 0.6 is 0 Å². The van der Waals surface area contributed by atoms with E-state index < -0.39 is 5.97 Å². The maximum Gasteiger partial charge on any atom is 0.306 e. The minimum atomic E-state index is -0.695. The van der Waals surface area contributed by atoms with Crippen molar-refractivity contribution in [2.75, 3.05) is 5.73 Å². The first-order valence-electron chi connectivity index (χ1n) is 9.54. The van der Waals surface area contributed by atoms with Crippen molar-refractivity contribution in [1.29, 1.82) is 0 Å². The number of carbonyl (C=O) groups is 1. The molecule has 1 aromatic carbocycles. The monoisotopic (exact) mass is 375 g/mol. The summed E-state index contributed by atoms with van der Waals surface area (Å²) in [5.41, 5.74) is 9.89. The number of nitrogen functional groups attached to an aromatic ring is 1. The van der Waals surface area contributed by atoms with Gasteiger partial charge >= 0.3 is 5.97 Å². The van der Waals surface area contributed by atoms with Crippen LogP contribution in [0.5, 0.6) is 0 Å². The smallest absolute Gasteiger partial charge is 0.306 e. The number of nitrogens with zero attached hydrogens (tertiary/aromatic N) is 3. The van der Waals surface area contributed by atoms with E-state index in [4.69, 9.17) is 10.7 Å². The molecule has 4 aromatic rings. The molecular formula is C21H21N5O2. The van der Waals surface area contributed by atoms with Gasteiger partial charge in [0.1, 0.15) is 22.9 Å². The van der Waals surface area contributed by atoms with Gasteiger partial charge in [0.25, 0.3) is 0 Å². The Morgan fingerprint density at radius 2 is 2.04 bits per heavy atom. The largest absolute Gasteiger partial charge is 0.481 e. The highest BCUT2D eigenvalue weighted by Gasteiger charge is 2.30. The lowest BCUT2D eigenvalue weighted by atomic mass is 9.81. The van der Waals surface area contributed by atoms with Gasteiger partial charge in [-0.15, -0.1) is 0 Å². The molecule has 3 heterocycles. The lowest BCUT2D eigenvalue weighted by Gasteiger charge is -2.25. The number of nitrogens with two attached hydrogens (primary N) is 1. The zero-order valence-corrected chi connectivity index (χ0v) is 15.3. The summed E-state index contributed by atoms with van der Waals surface area (Å²) in [6.07, 6.45) is 8.49. The van der Waals surface area contributed by atoms with E-state index in [1.165, 1.54) is 0 Å². The third kappa shape index (κ3) is 2.62. The van der Waals surface area contributed by atoms with E-state index in [0.717, 1.165) is 46.3 Å². The number of aromatic amines is 1. The summed E-state index contributed by atoms with van der Waals surface area (Å²) in [4.78, 5) is 23.8. The number of rotatable bonds is 3. The summed E-state index contributed by atoms with van der Waals surface area (Å²) >= 11 is 0. The number of nitrogens with one attached hydrogen (secondary N) is 1. The molecule has 28 heavy (non-hydrogen) atoms. The second kappa shape index (κ2) is 6.37. The second-order valence-electron chi connectivity index (χ2n) is 7.52. The van der Waals surface area contributed by atoms with Gasteiger partial charge in [-0.2, -0.15) is 0 Å². The molecule has 4 N–H and O–H groups in total. The van der Waals surface area contributed by atoms with E-state index in [1.54, 1.807) is 6.20 Å². The van der Waals surface area contributed by atoms with E-state index in [1.807, 2.05) is 22.9 Å². The van der Waals surface area contributed by atoms with E-state index in [0.29, 0.717) is 18.7 Å². The van der Waals surface area contributed by atoms with Gasteiger partial charge in [0.2, 0.25) is 0 Å². The van der Waals surface area contributed by atoms with Crippen LogP contribution in [0.2, 0.25) is 0 Å². The minimum Gasteiger partial charge on any atom is -0.481 e. The number of carboxylic acids is 1. The van der Waals surface area contributed by atoms with Gasteiger partial charge in [-0.25, -0.2) is 9.97 Å². The number of anilines is 1. The summed E-state index contributed by atoms with van der Waals surface area (Å²) < 4.78 is 2.03. The maximum absolute atomic E-state index is 11.3. The standard InChI is InChI=1S/C21H21N5O2/c22-19-18-17(15-6-1-12-7-8-23-16(12)11-15)25-20(26(18)10-9-24-19)13-2-4-14(5-3-13)21(27)28/h1,6-11,13-14,23H,2-5H2,(H2,22,24)(H,27,28). The van der Waals surface area contributed by atoms with Gasteiger partial charge in [0, 0.05) is 35.6 Å². The normalized spacial score (nSPS) is 20.0. The summed E-state index contributed by atoms with van der Waals surface area (Å²) in [5.74, 6) is 0.660. The van der Waals surface area contributed by atoms with E-state index >= 15 is 0 Å². The Hall–Kier alpha value is -3.35. The van der Waals surface area contributed by atoms with Crippen molar-refractivity contribution < 1.29 is 9.90 Å². The van der Waals surface area contributed by atoms with Crippen LogP contribution in [-0.4, -0.2) is 30.4 Å². The summed E-state index contributed by atoms with van der Waals surface area (Å²) in [6.45, 7) is 0. The molecule has 1 fully saturated rings. The number of hydrogen-bond donors (Lipinski definition) is 3. The van der Waals surface area contributed by atoms with Crippen molar-refractivity contribution in [3.8, 4) is 11.3 Å². The summed E-state index contributed by atoms with van der Waals surface area (Å²) in [7, 11) is 0. The Morgan fingerprint density at radius 1 is 1.21 bits per heavy atom. The lowest BCUT2D eigenvalue weighted by molar-refractivity contribution is -0.142. The molecule has 3 aromatic heterocycles. The van der Waals surface area contributed by atoms with Crippen LogP contribution in [0.4, 0.5) is 5.82 Å². The first kappa shape index (κ1) is 16.8. The van der Waals surface area contributed by atoms with Gasteiger partial charge in [0.05, 0.1) is 5.92 Å². The van der Waals surface area contributed by atoms with Gasteiger partial charge in [0.15, 0.2) is 0 Å². The highest BCUT2D eigenvalue weighted by Crippen LogP contribution is 2.38. The molecule has 1 saturated carbocycles. The van der Waals surface area contributed by atoms with E-state index in [9.17, 15) is 9.90 Å². The molecule has 0 radical (unpaired) electrons. The number of aliphatic carboxylic acids is 1. The fraction of sp³-hybridized carbons (Fsp3) is 0.286. The zero-order chi connectivity index (χ0) is 19.3. The van der Waals surface area contributed by atoms with Crippen LogP contribution in [0.1, 0.15) is 37.4 Å². The molecule has 0 amide bonds. The molecule has 0 aliphatic heterocycles.